The minimum absolute atomic E-state index is 0.00385. The number of carboxylic acid groups (broad SMARTS) is 1. The van der Waals surface area contributed by atoms with E-state index in [-0.39, 0.29) is 11.8 Å². The highest BCUT2D eigenvalue weighted by atomic mass is 16.4. The van der Waals surface area contributed by atoms with E-state index in [1.54, 1.807) is 6.07 Å². The quantitative estimate of drug-likeness (QED) is 0.825. The van der Waals surface area contributed by atoms with Gasteiger partial charge in [-0.3, -0.25) is 0 Å². The minimum Gasteiger partial charge on any atom is -0.475 e. The topological polar surface area (TPSA) is 65.7 Å². The fraction of sp³-hybridized carbons (Fsp3) is 0.643. The van der Waals surface area contributed by atoms with E-state index in [1.165, 1.54) is 32.0 Å². The first-order valence-electron chi connectivity index (χ1n) is 6.87. The molecule has 1 aromatic rings. The molecule has 0 aliphatic carbocycles. The summed E-state index contributed by atoms with van der Waals surface area (Å²) in [5.74, 6) is -0.356. The van der Waals surface area contributed by atoms with Gasteiger partial charge in [0.2, 0.25) is 5.76 Å². The van der Waals surface area contributed by atoms with Gasteiger partial charge in [0, 0.05) is 12.6 Å². The number of carbonyl (C=O) groups is 1. The Balaban J connectivity index is 1.84. The Labute approximate surface area is 113 Å². The lowest BCUT2D eigenvalue weighted by atomic mass is 10.2. The van der Waals surface area contributed by atoms with E-state index < -0.39 is 5.97 Å². The fourth-order valence-corrected chi connectivity index (χ4v) is 2.61. The minimum atomic E-state index is -1.02. The number of likely N-dealkylation sites (tertiary alicyclic amines) is 1. The van der Waals surface area contributed by atoms with Crippen molar-refractivity contribution >= 4 is 5.97 Å². The van der Waals surface area contributed by atoms with E-state index in [0.29, 0.717) is 11.8 Å². The molecule has 0 bridgehead atoms. The van der Waals surface area contributed by atoms with Gasteiger partial charge in [-0.25, -0.2) is 4.79 Å². The Bertz CT molecular complexity index is 424. The lowest BCUT2D eigenvalue weighted by Crippen LogP contribution is -2.39. The standard InChI is InChI=1S/C14H22N2O3/c1-10(9-16-7-3-4-8-16)15-11(2)12-5-6-13(19-12)14(17)18/h5-6,10-11,15H,3-4,7-9H2,1-2H3,(H,17,18). The van der Waals surface area contributed by atoms with Crippen LogP contribution in [0.5, 0.6) is 0 Å². The predicted molar refractivity (Wildman–Crippen MR) is 72.4 cm³/mol. The maximum atomic E-state index is 10.8. The van der Waals surface area contributed by atoms with Crippen LogP contribution in [0.4, 0.5) is 0 Å². The van der Waals surface area contributed by atoms with E-state index in [1.807, 2.05) is 6.92 Å². The molecule has 19 heavy (non-hydrogen) atoms. The van der Waals surface area contributed by atoms with Crippen molar-refractivity contribution in [1.82, 2.24) is 10.2 Å². The SMILES string of the molecule is CC(CN1CCCC1)NC(C)c1ccc(C(=O)O)o1. The summed E-state index contributed by atoms with van der Waals surface area (Å²) in [6.45, 7) is 7.53. The number of furan rings is 1. The first kappa shape index (κ1) is 14.1. The van der Waals surface area contributed by atoms with Crippen molar-refractivity contribution in [3.63, 3.8) is 0 Å². The third kappa shape index (κ3) is 3.81. The molecule has 0 radical (unpaired) electrons. The maximum Gasteiger partial charge on any atom is 0.371 e. The number of carboxylic acids is 1. The van der Waals surface area contributed by atoms with Gasteiger partial charge in [-0.15, -0.1) is 0 Å². The zero-order valence-corrected chi connectivity index (χ0v) is 11.6. The van der Waals surface area contributed by atoms with E-state index in [2.05, 4.69) is 17.1 Å². The second-order valence-corrected chi connectivity index (χ2v) is 5.30. The summed E-state index contributed by atoms with van der Waals surface area (Å²) in [4.78, 5) is 13.2. The van der Waals surface area contributed by atoms with Gasteiger partial charge < -0.3 is 19.7 Å². The average Bonchev–Trinajstić information content (AvgIpc) is 2.98. The Morgan fingerprint density at radius 2 is 2.11 bits per heavy atom. The third-order valence-corrected chi connectivity index (χ3v) is 3.53. The van der Waals surface area contributed by atoms with Gasteiger partial charge in [0.25, 0.3) is 0 Å². The van der Waals surface area contributed by atoms with Gasteiger partial charge in [0.05, 0.1) is 6.04 Å². The summed E-state index contributed by atoms with van der Waals surface area (Å²) in [5.41, 5.74) is 0. The smallest absolute Gasteiger partial charge is 0.371 e. The van der Waals surface area contributed by atoms with Gasteiger partial charge in [-0.2, -0.15) is 0 Å². The van der Waals surface area contributed by atoms with Crippen molar-refractivity contribution < 1.29 is 14.3 Å². The van der Waals surface area contributed by atoms with Crippen molar-refractivity contribution in [2.24, 2.45) is 0 Å². The Hall–Kier alpha value is -1.33. The molecule has 0 spiro atoms. The second kappa shape index (κ2) is 6.21. The van der Waals surface area contributed by atoms with E-state index >= 15 is 0 Å². The van der Waals surface area contributed by atoms with Gasteiger partial charge in [0.1, 0.15) is 5.76 Å². The van der Waals surface area contributed by atoms with Crippen LogP contribution < -0.4 is 5.32 Å². The predicted octanol–water partition coefficient (Wildman–Crippen LogP) is 2.11. The van der Waals surface area contributed by atoms with Crippen LogP contribution in [-0.4, -0.2) is 41.7 Å². The van der Waals surface area contributed by atoms with Crippen LogP contribution in [0, 0.1) is 0 Å². The van der Waals surface area contributed by atoms with Crippen LogP contribution >= 0.6 is 0 Å². The monoisotopic (exact) mass is 266 g/mol. The van der Waals surface area contributed by atoms with Gasteiger partial charge in [-0.1, -0.05) is 0 Å². The maximum absolute atomic E-state index is 10.8. The van der Waals surface area contributed by atoms with Crippen LogP contribution in [0.1, 0.15) is 49.0 Å². The Morgan fingerprint density at radius 3 is 2.68 bits per heavy atom. The molecule has 2 unspecified atom stereocenters. The first-order chi connectivity index (χ1) is 9.06. The number of rotatable bonds is 6. The molecular formula is C14H22N2O3. The number of hydrogen-bond donors (Lipinski definition) is 2. The normalized spacial score (nSPS) is 19.5. The zero-order chi connectivity index (χ0) is 13.8. The molecule has 1 aliphatic heterocycles. The number of nitrogens with zero attached hydrogens (tertiary/aromatic N) is 1. The molecule has 5 nitrogen and oxygen atoms in total. The lowest BCUT2D eigenvalue weighted by molar-refractivity contribution is 0.0659. The Kier molecular flexibility index (Phi) is 4.61. The summed E-state index contributed by atoms with van der Waals surface area (Å²) in [5, 5.41) is 12.3. The van der Waals surface area contributed by atoms with Crippen molar-refractivity contribution in [2.45, 2.75) is 38.8 Å². The molecule has 1 aliphatic rings. The highest BCUT2D eigenvalue weighted by molar-refractivity contribution is 5.84. The third-order valence-electron chi connectivity index (χ3n) is 3.53. The number of aromatic carboxylic acids is 1. The molecule has 0 aromatic carbocycles. The summed E-state index contributed by atoms with van der Waals surface area (Å²) in [6.07, 6.45) is 2.59. The summed E-state index contributed by atoms with van der Waals surface area (Å²) in [7, 11) is 0. The molecule has 2 rings (SSSR count). The van der Waals surface area contributed by atoms with Crippen LogP contribution in [0.25, 0.3) is 0 Å². The lowest BCUT2D eigenvalue weighted by Gasteiger charge is -2.23. The molecule has 1 aromatic heterocycles. The summed E-state index contributed by atoms with van der Waals surface area (Å²) in [6, 6.07) is 3.60. The van der Waals surface area contributed by atoms with Crippen LogP contribution in [0.15, 0.2) is 16.5 Å². The van der Waals surface area contributed by atoms with Gasteiger partial charge in [-0.05, 0) is 51.9 Å². The summed E-state index contributed by atoms with van der Waals surface area (Å²) < 4.78 is 5.30. The van der Waals surface area contributed by atoms with Crippen molar-refractivity contribution in [2.75, 3.05) is 19.6 Å². The molecular weight excluding hydrogens is 244 g/mol. The highest BCUT2D eigenvalue weighted by Gasteiger charge is 2.18. The van der Waals surface area contributed by atoms with E-state index in [0.717, 1.165) is 6.54 Å². The molecule has 5 heteroatoms. The van der Waals surface area contributed by atoms with Crippen LogP contribution in [0.2, 0.25) is 0 Å². The van der Waals surface area contributed by atoms with E-state index in [4.69, 9.17) is 9.52 Å². The van der Waals surface area contributed by atoms with Gasteiger partial charge in [0.15, 0.2) is 0 Å². The van der Waals surface area contributed by atoms with Crippen molar-refractivity contribution in [3.8, 4) is 0 Å². The average molecular weight is 266 g/mol. The van der Waals surface area contributed by atoms with Crippen LogP contribution in [-0.2, 0) is 0 Å². The highest BCUT2D eigenvalue weighted by Crippen LogP contribution is 2.17. The second-order valence-electron chi connectivity index (χ2n) is 5.30. The first-order valence-corrected chi connectivity index (χ1v) is 6.87. The van der Waals surface area contributed by atoms with Crippen molar-refractivity contribution in [1.29, 1.82) is 0 Å². The summed E-state index contributed by atoms with van der Waals surface area (Å²) >= 11 is 0. The number of hydrogen-bond acceptors (Lipinski definition) is 4. The molecule has 2 atom stereocenters. The Morgan fingerprint density at radius 1 is 1.42 bits per heavy atom. The molecule has 0 amide bonds. The zero-order valence-electron chi connectivity index (χ0n) is 11.6. The largest absolute Gasteiger partial charge is 0.475 e. The molecule has 106 valence electrons. The molecule has 0 saturated carbocycles. The molecule has 1 saturated heterocycles. The van der Waals surface area contributed by atoms with E-state index in [9.17, 15) is 4.79 Å². The molecule has 2 heterocycles. The van der Waals surface area contributed by atoms with Gasteiger partial charge >= 0.3 is 5.97 Å². The fourth-order valence-electron chi connectivity index (χ4n) is 2.61. The van der Waals surface area contributed by atoms with Crippen LogP contribution in [0.3, 0.4) is 0 Å². The molecule has 2 N–H and O–H groups in total. The van der Waals surface area contributed by atoms with Crippen molar-refractivity contribution in [3.05, 3.63) is 23.7 Å². The number of nitrogens with one attached hydrogen (secondary N) is 1. The molecule has 1 fully saturated rings.